The average molecular weight is 418 g/mol. The number of rotatable bonds is 7. The molecule has 0 fully saturated rings. The smallest absolute Gasteiger partial charge is 0.244 e. The Labute approximate surface area is 172 Å². The Bertz CT molecular complexity index is 992. The first kappa shape index (κ1) is 22.6. The van der Waals surface area contributed by atoms with Crippen molar-refractivity contribution in [2.75, 3.05) is 23.7 Å². The molecule has 29 heavy (non-hydrogen) atoms. The summed E-state index contributed by atoms with van der Waals surface area (Å²) in [4.78, 5) is 23.8. The van der Waals surface area contributed by atoms with Gasteiger partial charge in [0.05, 0.1) is 11.4 Å². The Morgan fingerprint density at radius 2 is 1.41 bits per heavy atom. The minimum absolute atomic E-state index is 0.171. The van der Waals surface area contributed by atoms with Crippen molar-refractivity contribution in [3.63, 3.8) is 0 Å². The summed E-state index contributed by atoms with van der Waals surface area (Å²) >= 11 is 0. The summed E-state index contributed by atoms with van der Waals surface area (Å²) in [6.07, 6.45) is 0. The fraction of sp³-hybridized carbons (Fsp3) is 0.333. The third kappa shape index (κ3) is 5.65. The summed E-state index contributed by atoms with van der Waals surface area (Å²) in [7, 11) is -3.81. The van der Waals surface area contributed by atoms with Gasteiger partial charge in [-0.2, -0.15) is 4.31 Å². The minimum atomic E-state index is -3.81. The van der Waals surface area contributed by atoms with E-state index in [9.17, 15) is 18.0 Å². The summed E-state index contributed by atoms with van der Waals surface area (Å²) in [5.74, 6) is -0.627. The van der Waals surface area contributed by atoms with Crippen molar-refractivity contribution in [3.8, 4) is 0 Å². The normalized spacial score (nSPS) is 11.4. The number of benzene rings is 2. The van der Waals surface area contributed by atoms with Crippen LogP contribution in [0.2, 0.25) is 0 Å². The van der Waals surface area contributed by atoms with Crippen LogP contribution in [0.4, 0.5) is 11.4 Å². The Morgan fingerprint density at radius 1 is 0.931 bits per heavy atom. The highest BCUT2D eigenvalue weighted by atomic mass is 32.2. The summed E-state index contributed by atoms with van der Waals surface area (Å²) in [6, 6.07) is 10.2. The lowest BCUT2D eigenvalue weighted by molar-refractivity contribution is -0.116. The standard InChI is InChI=1S/C21H27N3O4S/c1-6-24(29(27,28)21-15(3)11-14(2)12-16(21)4)13-20(26)23-19-9-7-18(8-10-19)22-17(5)25/h7-12H,6,13H2,1-5H3,(H,22,25)(H,23,26). The molecule has 2 N–H and O–H groups in total. The van der Waals surface area contributed by atoms with Gasteiger partial charge in [0.2, 0.25) is 21.8 Å². The average Bonchev–Trinajstić information content (AvgIpc) is 2.59. The molecular formula is C21H27N3O4S. The first-order valence-corrected chi connectivity index (χ1v) is 10.7. The minimum Gasteiger partial charge on any atom is -0.326 e. The Morgan fingerprint density at radius 3 is 1.86 bits per heavy atom. The maximum atomic E-state index is 13.2. The van der Waals surface area contributed by atoms with Crippen molar-refractivity contribution in [3.05, 3.63) is 53.1 Å². The maximum Gasteiger partial charge on any atom is 0.244 e. The molecule has 2 amide bonds. The molecule has 0 spiro atoms. The molecule has 0 saturated heterocycles. The second-order valence-corrected chi connectivity index (χ2v) is 8.84. The van der Waals surface area contributed by atoms with Crippen molar-refractivity contribution >= 4 is 33.2 Å². The van der Waals surface area contributed by atoms with Gasteiger partial charge in [0, 0.05) is 24.8 Å². The summed E-state index contributed by atoms with van der Waals surface area (Å²) in [5.41, 5.74) is 3.44. The Hall–Kier alpha value is -2.71. The molecule has 0 bridgehead atoms. The maximum absolute atomic E-state index is 13.2. The van der Waals surface area contributed by atoms with Crippen LogP contribution in [0.5, 0.6) is 0 Å². The molecule has 0 saturated carbocycles. The third-order valence-electron chi connectivity index (χ3n) is 4.36. The van der Waals surface area contributed by atoms with Crippen molar-refractivity contribution in [1.82, 2.24) is 4.31 Å². The van der Waals surface area contributed by atoms with Crippen molar-refractivity contribution in [2.24, 2.45) is 0 Å². The number of carbonyl (C=O) groups excluding carboxylic acids is 2. The number of nitrogens with one attached hydrogen (secondary N) is 2. The first-order valence-electron chi connectivity index (χ1n) is 9.30. The highest BCUT2D eigenvalue weighted by molar-refractivity contribution is 7.89. The molecule has 0 aliphatic heterocycles. The number of sulfonamides is 1. The van der Waals surface area contributed by atoms with Crippen LogP contribution in [0, 0.1) is 20.8 Å². The van der Waals surface area contributed by atoms with E-state index < -0.39 is 15.9 Å². The van der Waals surface area contributed by atoms with Gasteiger partial charge in [-0.1, -0.05) is 24.6 Å². The lowest BCUT2D eigenvalue weighted by Crippen LogP contribution is -2.38. The van der Waals surface area contributed by atoms with Gasteiger partial charge >= 0.3 is 0 Å². The molecule has 0 unspecified atom stereocenters. The fourth-order valence-corrected chi connectivity index (χ4v) is 5.09. The van der Waals surface area contributed by atoms with Crippen LogP contribution >= 0.6 is 0 Å². The summed E-state index contributed by atoms with van der Waals surface area (Å²) < 4.78 is 27.5. The fourth-order valence-electron chi connectivity index (χ4n) is 3.27. The van der Waals surface area contributed by atoms with Gasteiger partial charge < -0.3 is 10.6 Å². The van der Waals surface area contributed by atoms with Crippen LogP contribution in [0.25, 0.3) is 0 Å². The van der Waals surface area contributed by atoms with E-state index >= 15 is 0 Å². The second-order valence-electron chi connectivity index (χ2n) is 6.97. The van der Waals surface area contributed by atoms with E-state index in [1.165, 1.54) is 11.2 Å². The van der Waals surface area contributed by atoms with E-state index in [0.29, 0.717) is 22.5 Å². The number of nitrogens with zero attached hydrogens (tertiary/aromatic N) is 1. The zero-order valence-corrected chi connectivity index (χ0v) is 18.2. The SMILES string of the molecule is CCN(CC(=O)Nc1ccc(NC(C)=O)cc1)S(=O)(=O)c1c(C)cc(C)cc1C. The van der Waals surface area contributed by atoms with Crippen LogP contribution in [0.1, 0.15) is 30.5 Å². The first-order chi connectivity index (χ1) is 13.5. The highest BCUT2D eigenvalue weighted by Gasteiger charge is 2.28. The molecule has 0 radical (unpaired) electrons. The van der Waals surface area contributed by atoms with Gasteiger partial charge in [-0.05, 0) is 56.2 Å². The molecular weight excluding hydrogens is 390 g/mol. The van der Waals surface area contributed by atoms with Gasteiger partial charge in [-0.15, -0.1) is 0 Å². The van der Waals surface area contributed by atoms with Crippen LogP contribution < -0.4 is 10.6 Å². The molecule has 0 aromatic heterocycles. The largest absolute Gasteiger partial charge is 0.326 e. The molecule has 0 aliphatic rings. The number of anilines is 2. The molecule has 156 valence electrons. The summed E-state index contributed by atoms with van der Waals surface area (Å²) in [6.45, 7) is 8.43. The zero-order chi connectivity index (χ0) is 21.8. The van der Waals surface area contributed by atoms with Crippen LogP contribution in [-0.4, -0.2) is 37.6 Å². The van der Waals surface area contributed by atoms with Gasteiger partial charge in [0.15, 0.2) is 0 Å². The topological polar surface area (TPSA) is 95.6 Å². The molecule has 7 nitrogen and oxygen atoms in total. The van der Waals surface area contributed by atoms with Crippen LogP contribution in [0.15, 0.2) is 41.3 Å². The molecule has 2 aromatic carbocycles. The van der Waals surface area contributed by atoms with E-state index in [0.717, 1.165) is 5.56 Å². The van der Waals surface area contributed by atoms with E-state index in [1.54, 1.807) is 45.0 Å². The lowest BCUT2D eigenvalue weighted by atomic mass is 10.1. The monoisotopic (exact) mass is 417 g/mol. The Kier molecular flexibility index (Phi) is 7.16. The molecule has 0 aliphatic carbocycles. The van der Waals surface area contributed by atoms with E-state index in [4.69, 9.17) is 0 Å². The molecule has 2 rings (SSSR count). The number of hydrogen-bond donors (Lipinski definition) is 2. The summed E-state index contributed by atoms with van der Waals surface area (Å²) in [5, 5.41) is 5.33. The molecule has 2 aromatic rings. The van der Waals surface area contributed by atoms with Gasteiger partial charge in [0.1, 0.15) is 0 Å². The molecule has 8 heteroatoms. The van der Waals surface area contributed by atoms with Gasteiger partial charge in [-0.3, -0.25) is 9.59 Å². The van der Waals surface area contributed by atoms with Gasteiger partial charge in [0.25, 0.3) is 0 Å². The number of aryl methyl sites for hydroxylation is 3. The predicted molar refractivity (Wildman–Crippen MR) is 114 cm³/mol. The van der Waals surface area contributed by atoms with Crippen molar-refractivity contribution < 1.29 is 18.0 Å². The van der Waals surface area contributed by atoms with E-state index in [-0.39, 0.29) is 23.9 Å². The predicted octanol–water partition coefficient (Wildman–Crippen LogP) is 3.22. The molecule has 0 heterocycles. The van der Waals surface area contributed by atoms with Crippen molar-refractivity contribution in [2.45, 2.75) is 39.5 Å². The van der Waals surface area contributed by atoms with E-state index in [2.05, 4.69) is 10.6 Å². The van der Waals surface area contributed by atoms with Gasteiger partial charge in [-0.25, -0.2) is 8.42 Å². The van der Waals surface area contributed by atoms with E-state index in [1.807, 2.05) is 19.1 Å². The van der Waals surface area contributed by atoms with Crippen LogP contribution in [-0.2, 0) is 19.6 Å². The van der Waals surface area contributed by atoms with Crippen molar-refractivity contribution in [1.29, 1.82) is 0 Å². The highest BCUT2D eigenvalue weighted by Crippen LogP contribution is 2.25. The quantitative estimate of drug-likeness (QED) is 0.723. The lowest BCUT2D eigenvalue weighted by Gasteiger charge is -2.22. The zero-order valence-electron chi connectivity index (χ0n) is 17.4. The third-order valence-corrected chi connectivity index (χ3v) is 6.59. The second kappa shape index (κ2) is 9.19. The number of likely N-dealkylation sites (N-methyl/N-ethyl adjacent to an activating group) is 1. The number of carbonyl (C=O) groups is 2. The molecule has 0 atom stereocenters. The number of hydrogen-bond acceptors (Lipinski definition) is 4. The number of amides is 2. The Balaban J connectivity index is 2.16. The van der Waals surface area contributed by atoms with Crippen LogP contribution in [0.3, 0.4) is 0 Å².